The Kier molecular flexibility index (Phi) is 5.49. The largest absolute Gasteiger partial charge is 0.485 e. The molecule has 0 saturated carbocycles. The van der Waals surface area contributed by atoms with Crippen molar-refractivity contribution in [2.24, 2.45) is 0 Å². The molecule has 1 aromatic heterocycles. The molecule has 0 atom stereocenters. The van der Waals surface area contributed by atoms with Gasteiger partial charge >= 0.3 is 0 Å². The van der Waals surface area contributed by atoms with Crippen molar-refractivity contribution in [3.63, 3.8) is 0 Å². The number of carbonyl (C=O) groups is 1. The van der Waals surface area contributed by atoms with E-state index in [-0.39, 0.29) is 29.8 Å². The molecular formula is C20H16ClFN2O2. The van der Waals surface area contributed by atoms with Crippen LogP contribution in [0.25, 0.3) is 10.9 Å². The molecule has 2 aromatic carbocycles. The Morgan fingerprint density at radius 3 is 2.88 bits per heavy atom. The van der Waals surface area contributed by atoms with Gasteiger partial charge in [-0.25, -0.2) is 4.39 Å². The average Bonchev–Trinajstić information content (AvgIpc) is 2.65. The molecule has 0 aliphatic rings. The van der Waals surface area contributed by atoms with Gasteiger partial charge in [-0.15, -0.1) is 0 Å². The third-order valence-electron chi connectivity index (χ3n) is 3.73. The van der Waals surface area contributed by atoms with E-state index in [4.69, 9.17) is 16.3 Å². The van der Waals surface area contributed by atoms with Crippen LogP contribution in [-0.4, -0.2) is 17.5 Å². The van der Waals surface area contributed by atoms with Crippen LogP contribution < -0.4 is 10.1 Å². The second kappa shape index (κ2) is 7.97. The lowest BCUT2D eigenvalue weighted by Gasteiger charge is -2.11. The Labute approximate surface area is 155 Å². The summed E-state index contributed by atoms with van der Waals surface area (Å²) < 4.78 is 19.7. The van der Waals surface area contributed by atoms with Crippen LogP contribution in [0.2, 0.25) is 0 Å². The van der Waals surface area contributed by atoms with Crippen molar-refractivity contribution in [3.8, 4) is 5.75 Å². The average molecular weight is 371 g/mol. The van der Waals surface area contributed by atoms with E-state index in [1.807, 2.05) is 6.07 Å². The van der Waals surface area contributed by atoms with Crippen molar-refractivity contribution in [1.82, 2.24) is 10.3 Å². The van der Waals surface area contributed by atoms with Crippen molar-refractivity contribution < 1.29 is 13.9 Å². The molecule has 132 valence electrons. The standard InChI is InChI=1S/C20H16ClFN2O2/c1-13(21)12-26-18-6-2-4-16(19(18)22)11-24-20(25)15-7-8-17-14(10-15)5-3-9-23-17/h2-10H,1,11-12H2,(H,24,25). The van der Waals surface area contributed by atoms with Crippen LogP contribution >= 0.6 is 11.6 Å². The molecular weight excluding hydrogens is 355 g/mol. The van der Waals surface area contributed by atoms with Crippen molar-refractivity contribution >= 4 is 28.4 Å². The minimum atomic E-state index is -0.534. The molecule has 0 fully saturated rings. The molecule has 0 saturated heterocycles. The van der Waals surface area contributed by atoms with Crippen LogP contribution in [-0.2, 0) is 6.54 Å². The summed E-state index contributed by atoms with van der Waals surface area (Å²) in [5, 5.41) is 3.85. The fraction of sp³-hybridized carbons (Fsp3) is 0.100. The molecule has 4 nitrogen and oxygen atoms in total. The van der Waals surface area contributed by atoms with Gasteiger partial charge in [0.05, 0.1) is 5.52 Å². The highest BCUT2D eigenvalue weighted by Gasteiger charge is 2.12. The number of halogens is 2. The maximum atomic E-state index is 14.4. The van der Waals surface area contributed by atoms with Gasteiger partial charge in [0.15, 0.2) is 11.6 Å². The van der Waals surface area contributed by atoms with Crippen molar-refractivity contribution in [3.05, 3.63) is 83.3 Å². The molecule has 6 heteroatoms. The molecule has 3 rings (SSSR count). The van der Waals surface area contributed by atoms with Crippen LogP contribution in [0.4, 0.5) is 4.39 Å². The molecule has 0 radical (unpaired) electrons. The minimum Gasteiger partial charge on any atom is -0.485 e. The summed E-state index contributed by atoms with van der Waals surface area (Å²) in [4.78, 5) is 16.6. The van der Waals surface area contributed by atoms with Crippen molar-refractivity contribution in [1.29, 1.82) is 0 Å². The van der Waals surface area contributed by atoms with E-state index in [1.165, 1.54) is 6.07 Å². The predicted molar refractivity (Wildman–Crippen MR) is 99.8 cm³/mol. The van der Waals surface area contributed by atoms with Gasteiger partial charge in [-0.2, -0.15) is 0 Å². The normalized spacial score (nSPS) is 10.5. The minimum absolute atomic E-state index is 0.0133. The summed E-state index contributed by atoms with van der Waals surface area (Å²) >= 11 is 5.63. The van der Waals surface area contributed by atoms with Gasteiger partial charge in [-0.05, 0) is 30.3 Å². The van der Waals surface area contributed by atoms with E-state index in [0.29, 0.717) is 11.1 Å². The van der Waals surface area contributed by atoms with E-state index < -0.39 is 5.82 Å². The fourth-order valence-corrected chi connectivity index (χ4v) is 2.51. The maximum absolute atomic E-state index is 14.4. The second-order valence-electron chi connectivity index (χ2n) is 5.63. The topological polar surface area (TPSA) is 51.2 Å². The number of hydrogen-bond donors (Lipinski definition) is 1. The Balaban J connectivity index is 1.70. The number of rotatable bonds is 6. The van der Waals surface area contributed by atoms with Crippen molar-refractivity contribution in [2.45, 2.75) is 6.54 Å². The van der Waals surface area contributed by atoms with E-state index in [1.54, 1.807) is 42.6 Å². The molecule has 0 bridgehead atoms. The maximum Gasteiger partial charge on any atom is 0.251 e. The molecule has 0 unspecified atom stereocenters. The van der Waals surface area contributed by atoms with Gasteiger partial charge in [0.1, 0.15) is 6.61 Å². The van der Waals surface area contributed by atoms with E-state index in [9.17, 15) is 9.18 Å². The first-order valence-electron chi connectivity index (χ1n) is 7.91. The zero-order chi connectivity index (χ0) is 18.5. The lowest BCUT2D eigenvalue weighted by atomic mass is 10.1. The van der Waals surface area contributed by atoms with Crippen LogP contribution in [0.3, 0.4) is 0 Å². The molecule has 1 N–H and O–H groups in total. The lowest BCUT2D eigenvalue weighted by molar-refractivity contribution is 0.0950. The van der Waals surface area contributed by atoms with Gasteiger partial charge < -0.3 is 10.1 Å². The molecule has 1 amide bonds. The number of nitrogens with one attached hydrogen (secondary N) is 1. The number of ether oxygens (including phenoxy) is 1. The van der Waals surface area contributed by atoms with Crippen LogP contribution in [0, 0.1) is 5.82 Å². The van der Waals surface area contributed by atoms with Gasteiger partial charge in [-0.1, -0.05) is 36.4 Å². The van der Waals surface area contributed by atoms with Gasteiger partial charge in [0.2, 0.25) is 0 Å². The zero-order valence-corrected chi connectivity index (χ0v) is 14.6. The molecule has 0 aliphatic carbocycles. The Morgan fingerprint density at radius 2 is 2.08 bits per heavy atom. The molecule has 1 heterocycles. The Hall–Kier alpha value is -2.92. The number of nitrogens with zero attached hydrogens (tertiary/aromatic N) is 1. The summed E-state index contributed by atoms with van der Waals surface area (Å²) in [6.07, 6.45) is 1.69. The van der Waals surface area contributed by atoms with E-state index >= 15 is 0 Å². The summed E-state index contributed by atoms with van der Waals surface area (Å²) in [5.74, 6) is -0.764. The highest BCUT2D eigenvalue weighted by Crippen LogP contribution is 2.21. The number of aromatic nitrogens is 1. The third-order valence-corrected chi connectivity index (χ3v) is 3.84. The number of amides is 1. The molecule has 0 aliphatic heterocycles. The summed E-state index contributed by atoms with van der Waals surface area (Å²) in [6, 6.07) is 13.6. The number of pyridine rings is 1. The van der Waals surface area contributed by atoms with Crippen LogP contribution in [0.15, 0.2) is 66.3 Å². The monoisotopic (exact) mass is 370 g/mol. The smallest absolute Gasteiger partial charge is 0.251 e. The predicted octanol–water partition coefficient (Wildman–Crippen LogP) is 4.44. The third kappa shape index (κ3) is 4.18. The zero-order valence-electron chi connectivity index (χ0n) is 13.8. The lowest BCUT2D eigenvalue weighted by Crippen LogP contribution is -2.23. The quantitative estimate of drug-likeness (QED) is 0.698. The SMILES string of the molecule is C=C(Cl)COc1cccc(CNC(=O)c2ccc3ncccc3c2)c1F. The molecule has 3 aromatic rings. The first kappa shape index (κ1) is 17.9. The number of benzene rings is 2. The number of hydrogen-bond acceptors (Lipinski definition) is 3. The highest BCUT2D eigenvalue weighted by atomic mass is 35.5. The molecule has 26 heavy (non-hydrogen) atoms. The number of carbonyl (C=O) groups excluding carboxylic acids is 1. The van der Waals surface area contributed by atoms with Crippen LogP contribution in [0.5, 0.6) is 5.75 Å². The highest BCUT2D eigenvalue weighted by molar-refractivity contribution is 6.29. The first-order chi connectivity index (χ1) is 12.5. The van der Waals surface area contributed by atoms with Gasteiger partial charge in [-0.3, -0.25) is 9.78 Å². The van der Waals surface area contributed by atoms with Crippen LogP contribution in [0.1, 0.15) is 15.9 Å². The summed E-state index contributed by atoms with van der Waals surface area (Å²) in [5.41, 5.74) is 1.61. The first-order valence-corrected chi connectivity index (χ1v) is 8.29. The van der Waals surface area contributed by atoms with E-state index in [2.05, 4.69) is 16.9 Å². The van der Waals surface area contributed by atoms with Crippen molar-refractivity contribution in [2.75, 3.05) is 6.61 Å². The van der Waals surface area contributed by atoms with Gasteiger partial charge in [0, 0.05) is 34.3 Å². The Morgan fingerprint density at radius 1 is 1.23 bits per heavy atom. The summed E-state index contributed by atoms with van der Waals surface area (Å²) in [6.45, 7) is 3.54. The summed E-state index contributed by atoms with van der Waals surface area (Å²) in [7, 11) is 0. The second-order valence-corrected chi connectivity index (χ2v) is 6.16. The fourth-order valence-electron chi connectivity index (χ4n) is 2.45. The molecule has 0 spiro atoms. The van der Waals surface area contributed by atoms with E-state index in [0.717, 1.165) is 10.9 Å². The number of fused-ring (bicyclic) bond motifs is 1. The van der Waals surface area contributed by atoms with Gasteiger partial charge in [0.25, 0.3) is 5.91 Å². The Bertz CT molecular complexity index is 975.